The monoisotopic (exact) mass is 247 g/mol. The lowest BCUT2D eigenvalue weighted by molar-refractivity contribution is 0.602. The van der Waals surface area contributed by atoms with Gasteiger partial charge < -0.3 is 5.73 Å². The molecular formula is C13H17N3S. The van der Waals surface area contributed by atoms with Crippen LogP contribution in [0.4, 0.5) is 5.69 Å². The third kappa shape index (κ3) is 2.64. The molecule has 1 heterocycles. The van der Waals surface area contributed by atoms with Gasteiger partial charge in [0.15, 0.2) is 0 Å². The minimum absolute atomic E-state index is 0.813. The molecule has 0 radical (unpaired) electrons. The highest BCUT2D eigenvalue weighted by Gasteiger charge is 2.11. The maximum Gasteiger partial charge on any atom is 0.118 e. The van der Waals surface area contributed by atoms with Gasteiger partial charge in [0.05, 0.1) is 11.4 Å². The van der Waals surface area contributed by atoms with Crippen molar-refractivity contribution in [2.24, 2.45) is 0 Å². The van der Waals surface area contributed by atoms with Crippen LogP contribution in [0.25, 0.3) is 0 Å². The van der Waals surface area contributed by atoms with E-state index in [2.05, 4.69) is 36.3 Å². The highest BCUT2D eigenvalue weighted by molar-refractivity contribution is 7.98. The molecule has 0 aliphatic rings. The molecule has 0 unspecified atom stereocenters. The number of nitrogens with two attached hydrogens (primary N) is 1. The van der Waals surface area contributed by atoms with Crippen LogP contribution in [0.15, 0.2) is 35.4 Å². The van der Waals surface area contributed by atoms with Crippen molar-refractivity contribution in [1.29, 1.82) is 0 Å². The van der Waals surface area contributed by atoms with Crippen LogP contribution >= 0.6 is 11.8 Å². The van der Waals surface area contributed by atoms with E-state index in [1.54, 1.807) is 11.8 Å². The van der Waals surface area contributed by atoms with Crippen LogP contribution in [0.3, 0.4) is 0 Å². The van der Waals surface area contributed by atoms with Crippen LogP contribution < -0.4 is 5.73 Å². The lowest BCUT2D eigenvalue weighted by Crippen LogP contribution is -1.99. The van der Waals surface area contributed by atoms with Crippen LogP contribution in [0, 0.1) is 6.92 Å². The Kier molecular flexibility index (Phi) is 3.74. The molecule has 90 valence electrons. The molecule has 17 heavy (non-hydrogen) atoms. The quantitative estimate of drug-likeness (QED) is 0.844. The van der Waals surface area contributed by atoms with Gasteiger partial charge in [-0.2, -0.15) is 5.10 Å². The number of rotatable bonds is 4. The molecule has 0 saturated heterocycles. The van der Waals surface area contributed by atoms with E-state index in [0.717, 1.165) is 28.7 Å². The van der Waals surface area contributed by atoms with Crippen molar-refractivity contribution in [3.8, 4) is 0 Å². The summed E-state index contributed by atoms with van der Waals surface area (Å²) in [5.74, 6) is 0.927. The molecule has 0 aliphatic heterocycles. The van der Waals surface area contributed by atoms with E-state index in [9.17, 15) is 0 Å². The van der Waals surface area contributed by atoms with Crippen LogP contribution in [-0.2, 0) is 12.3 Å². The molecule has 1 aromatic carbocycles. The first-order chi connectivity index (χ1) is 8.22. The standard InChI is InChI=1S/C13H17N3S/c1-3-16-13(12(14)10(2)15-16)17-9-11-7-5-4-6-8-11/h4-8H,3,9,14H2,1-2H3. The van der Waals surface area contributed by atoms with Gasteiger partial charge in [-0.3, -0.25) is 4.68 Å². The molecule has 0 amide bonds. The first-order valence-corrected chi connectivity index (χ1v) is 6.70. The van der Waals surface area contributed by atoms with E-state index >= 15 is 0 Å². The number of benzene rings is 1. The molecule has 0 saturated carbocycles. The molecule has 2 N–H and O–H groups in total. The van der Waals surface area contributed by atoms with E-state index in [1.807, 2.05) is 17.7 Å². The molecule has 1 aromatic heterocycles. The van der Waals surface area contributed by atoms with Crippen LogP contribution in [0.5, 0.6) is 0 Å². The highest BCUT2D eigenvalue weighted by atomic mass is 32.2. The number of hydrogen-bond donors (Lipinski definition) is 1. The Morgan fingerprint density at radius 3 is 2.65 bits per heavy atom. The van der Waals surface area contributed by atoms with Crippen molar-refractivity contribution in [2.75, 3.05) is 5.73 Å². The van der Waals surface area contributed by atoms with Gasteiger partial charge >= 0.3 is 0 Å². The molecule has 0 fully saturated rings. The predicted molar refractivity (Wildman–Crippen MR) is 73.1 cm³/mol. The number of hydrogen-bond acceptors (Lipinski definition) is 3. The Labute approximate surface area is 106 Å². The van der Waals surface area contributed by atoms with Gasteiger partial charge in [-0.05, 0) is 19.4 Å². The lowest BCUT2D eigenvalue weighted by Gasteiger charge is -2.05. The zero-order valence-electron chi connectivity index (χ0n) is 10.2. The van der Waals surface area contributed by atoms with Gasteiger partial charge in [-0.25, -0.2) is 0 Å². The number of nitrogen functional groups attached to an aromatic ring is 1. The SMILES string of the molecule is CCn1nc(C)c(N)c1SCc1ccccc1. The van der Waals surface area contributed by atoms with Gasteiger partial charge in [0.1, 0.15) is 5.03 Å². The van der Waals surface area contributed by atoms with Crippen molar-refractivity contribution in [1.82, 2.24) is 9.78 Å². The van der Waals surface area contributed by atoms with Gasteiger partial charge in [0.25, 0.3) is 0 Å². The summed E-state index contributed by atoms with van der Waals surface area (Å²) < 4.78 is 1.97. The second-order valence-electron chi connectivity index (χ2n) is 3.89. The summed E-state index contributed by atoms with van der Waals surface area (Å²) in [5, 5.41) is 5.49. The summed E-state index contributed by atoms with van der Waals surface area (Å²) in [4.78, 5) is 0. The molecule has 0 atom stereocenters. The van der Waals surface area contributed by atoms with Gasteiger partial charge in [0.2, 0.25) is 0 Å². The fourth-order valence-electron chi connectivity index (χ4n) is 1.67. The number of aromatic nitrogens is 2. The van der Waals surface area contributed by atoms with Crippen molar-refractivity contribution in [3.63, 3.8) is 0 Å². The Morgan fingerprint density at radius 1 is 1.29 bits per heavy atom. The minimum Gasteiger partial charge on any atom is -0.395 e. The Balaban J connectivity index is 2.14. The van der Waals surface area contributed by atoms with Gasteiger partial charge in [-0.15, -0.1) is 0 Å². The van der Waals surface area contributed by atoms with E-state index in [0.29, 0.717) is 0 Å². The summed E-state index contributed by atoms with van der Waals surface area (Å²) >= 11 is 1.75. The molecule has 4 heteroatoms. The van der Waals surface area contributed by atoms with E-state index in [1.165, 1.54) is 5.56 Å². The van der Waals surface area contributed by atoms with Gasteiger partial charge in [0, 0.05) is 12.3 Å². The Bertz CT molecular complexity index is 491. The maximum absolute atomic E-state index is 6.04. The summed E-state index contributed by atoms with van der Waals surface area (Å²) in [7, 11) is 0. The van der Waals surface area contributed by atoms with Crippen LogP contribution in [0.1, 0.15) is 18.2 Å². The average molecular weight is 247 g/mol. The van der Waals surface area contributed by atoms with Crippen LogP contribution in [-0.4, -0.2) is 9.78 Å². The van der Waals surface area contributed by atoms with E-state index in [4.69, 9.17) is 5.73 Å². The smallest absolute Gasteiger partial charge is 0.118 e. The molecule has 0 aliphatic carbocycles. The number of thioether (sulfide) groups is 1. The molecular weight excluding hydrogens is 230 g/mol. The van der Waals surface area contributed by atoms with Gasteiger partial charge in [-0.1, -0.05) is 42.1 Å². The number of nitrogens with zero attached hydrogens (tertiary/aromatic N) is 2. The first kappa shape index (κ1) is 12.0. The summed E-state index contributed by atoms with van der Waals surface area (Å²) in [5.41, 5.74) is 9.07. The Hall–Kier alpha value is -1.42. The Morgan fingerprint density at radius 2 is 2.00 bits per heavy atom. The van der Waals surface area contributed by atoms with E-state index in [-0.39, 0.29) is 0 Å². The van der Waals surface area contributed by atoms with Crippen molar-refractivity contribution in [3.05, 3.63) is 41.6 Å². The predicted octanol–water partition coefficient (Wildman–Crippen LogP) is 3.09. The largest absolute Gasteiger partial charge is 0.395 e. The molecule has 2 rings (SSSR count). The fraction of sp³-hybridized carbons (Fsp3) is 0.308. The third-order valence-corrected chi connectivity index (χ3v) is 3.83. The zero-order valence-corrected chi connectivity index (χ0v) is 11.0. The second-order valence-corrected chi connectivity index (χ2v) is 4.86. The molecule has 2 aromatic rings. The molecule has 0 spiro atoms. The summed E-state index contributed by atoms with van der Waals surface area (Å²) in [6, 6.07) is 10.4. The fourth-order valence-corrected chi connectivity index (χ4v) is 2.78. The van der Waals surface area contributed by atoms with Crippen molar-refractivity contribution in [2.45, 2.75) is 31.2 Å². The number of aryl methyl sites for hydroxylation is 2. The van der Waals surface area contributed by atoms with Crippen LogP contribution in [0.2, 0.25) is 0 Å². The average Bonchev–Trinajstić information content (AvgIpc) is 2.64. The zero-order chi connectivity index (χ0) is 12.3. The lowest BCUT2D eigenvalue weighted by atomic mass is 10.2. The normalized spacial score (nSPS) is 10.7. The molecule has 0 bridgehead atoms. The third-order valence-electron chi connectivity index (χ3n) is 2.64. The maximum atomic E-state index is 6.04. The van der Waals surface area contributed by atoms with E-state index < -0.39 is 0 Å². The topological polar surface area (TPSA) is 43.8 Å². The van der Waals surface area contributed by atoms with Crippen molar-refractivity contribution >= 4 is 17.4 Å². The number of anilines is 1. The van der Waals surface area contributed by atoms with Crippen molar-refractivity contribution < 1.29 is 0 Å². The highest BCUT2D eigenvalue weighted by Crippen LogP contribution is 2.30. The second kappa shape index (κ2) is 5.27. The molecule has 3 nitrogen and oxygen atoms in total. The summed E-state index contributed by atoms with van der Waals surface area (Å²) in [6.45, 7) is 4.89. The minimum atomic E-state index is 0.813. The first-order valence-electron chi connectivity index (χ1n) is 5.72. The summed E-state index contributed by atoms with van der Waals surface area (Å²) in [6.07, 6.45) is 0.